The molecule has 3 heterocycles. The summed E-state index contributed by atoms with van der Waals surface area (Å²) in [6.07, 6.45) is 6.96. The monoisotopic (exact) mass is 409 g/mol. The van der Waals surface area contributed by atoms with Gasteiger partial charge in [-0.05, 0) is 56.5 Å². The van der Waals surface area contributed by atoms with Crippen molar-refractivity contribution >= 4 is 17.0 Å². The van der Waals surface area contributed by atoms with Crippen LogP contribution in [0.25, 0.3) is 28.1 Å². The molecule has 0 aliphatic carbocycles. The fraction of sp³-hybridized carbons (Fsp3) is 0.478. The summed E-state index contributed by atoms with van der Waals surface area (Å²) in [6.45, 7) is 10.6. The molecule has 1 N–H and O–H groups in total. The SMILES string of the molecule is C=Cc1nn(C2CCCCO2)c2ccc(-c3cnn(C)c3OC(C)CNCC)cc12. The molecule has 0 radical (unpaired) electrons. The first-order valence-corrected chi connectivity index (χ1v) is 10.8. The first kappa shape index (κ1) is 20.6. The smallest absolute Gasteiger partial charge is 0.219 e. The fourth-order valence-electron chi connectivity index (χ4n) is 3.96. The maximum Gasteiger partial charge on any atom is 0.219 e. The van der Waals surface area contributed by atoms with E-state index in [9.17, 15) is 0 Å². The average Bonchev–Trinajstić information content (AvgIpc) is 3.33. The zero-order chi connectivity index (χ0) is 21.1. The van der Waals surface area contributed by atoms with Crippen LogP contribution >= 0.6 is 0 Å². The van der Waals surface area contributed by atoms with Crippen molar-refractivity contribution in [2.75, 3.05) is 19.7 Å². The minimum absolute atomic E-state index is 0.00926. The number of ether oxygens (including phenoxy) is 2. The van der Waals surface area contributed by atoms with Crippen LogP contribution in [0.4, 0.5) is 0 Å². The molecule has 7 nitrogen and oxygen atoms in total. The highest BCUT2D eigenvalue weighted by Crippen LogP contribution is 2.35. The van der Waals surface area contributed by atoms with Gasteiger partial charge in [0.15, 0.2) is 6.23 Å². The summed E-state index contributed by atoms with van der Waals surface area (Å²) in [5, 5.41) is 13.6. The summed E-state index contributed by atoms with van der Waals surface area (Å²) in [7, 11) is 1.91. The highest BCUT2D eigenvalue weighted by molar-refractivity contribution is 5.91. The van der Waals surface area contributed by atoms with E-state index in [2.05, 4.69) is 49.0 Å². The van der Waals surface area contributed by atoms with E-state index >= 15 is 0 Å². The molecule has 160 valence electrons. The van der Waals surface area contributed by atoms with Gasteiger partial charge >= 0.3 is 0 Å². The molecule has 1 aromatic carbocycles. The molecule has 30 heavy (non-hydrogen) atoms. The number of likely N-dealkylation sites (N-methyl/N-ethyl adjacent to an activating group) is 1. The van der Waals surface area contributed by atoms with Crippen LogP contribution in [0.5, 0.6) is 5.88 Å². The molecule has 0 saturated carbocycles. The predicted octanol–water partition coefficient (Wildman–Crippen LogP) is 4.16. The van der Waals surface area contributed by atoms with E-state index in [0.717, 1.165) is 72.6 Å². The van der Waals surface area contributed by atoms with Gasteiger partial charge in [-0.2, -0.15) is 10.2 Å². The van der Waals surface area contributed by atoms with E-state index in [1.807, 2.05) is 24.0 Å². The lowest BCUT2D eigenvalue weighted by Crippen LogP contribution is -2.29. The average molecular weight is 410 g/mol. The molecule has 2 aromatic heterocycles. The predicted molar refractivity (Wildman–Crippen MR) is 119 cm³/mol. The highest BCUT2D eigenvalue weighted by Gasteiger charge is 2.22. The van der Waals surface area contributed by atoms with E-state index in [1.54, 1.807) is 4.68 Å². The fourth-order valence-corrected chi connectivity index (χ4v) is 3.96. The molecule has 2 unspecified atom stereocenters. The summed E-state index contributed by atoms with van der Waals surface area (Å²) in [5.74, 6) is 0.767. The lowest BCUT2D eigenvalue weighted by atomic mass is 10.1. The number of fused-ring (bicyclic) bond motifs is 1. The number of aromatic nitrogens is 4. The van der Waals surface area contributed by atoms with Crippen molar-refractivity contribution in [1.29, 1.82) is 0 Å². The van der Waals surface area contributed by atoms with Gasteiger partial charge < -0.3 is 14.8 Å². The Balaban J connectivity index is 1.70. The van der Waals surface area contributed by atoms with E-state index in [0.29, 0.717) is 0 Å². The van der Waals surface area contributed by atoms with Gasteiger partial charge in [0, 0.05) is 25.6 Å². The largest absolute Gasteiger partial charge is 0.473 e. The van der Waals surface area contributed by atoms with Crippen LogP contribution in [0.3, 0.4) is 0 Å². The zero-order valence-corrected chi connectivity index (χ0v) is 18.1. The third-order valence-electron chi connectivity index (χ3n) is 5.55. The molecule has 1 saturated heterocycles. The van der Waals surface area contributed by atoms with Crippen LogP contribution in [-0.2, 0) is 11.8 Å². The minimum Gasteiger partial charge on any atom is -0.473 e. The number of benzene rings is 1. The molecule has 2 atom stereocenters. The van der Waals surface area contributed by atoms with E-state index < -0.39 is 0 Å². The Morgan fingerprint density at radius 2 is 2.27 bits per heavy atom. The first-order valence-electron chi connectivity index (χ1n) is 10.8. The molecule has 7 heteroatoms. The van der Waals surface area contributed by atoms with Gasteiger partial charge in [-0.1, -0.05) is 19.6 Å². The number of hydrogen-bond acceptors (Lipinski definition) is 5. The summed E-state index contributed by atoms with van der Waals surface area (Å²) in [5.41, 5.74) is 3.95. The number of hydrogen-bond donors (Lipinski definition) is 1. The zero-order valence-electron chi connectivity index (χ0n) is 18.1. The second-order valence-corrected chi connectivity index (χ2v) is 7.81. The molecular formula is C23H31N5O2. The van der Waals surface area contributed by atoms with E-state index in [4.69, 9.17) is 14.6 Å². The second-order valence-electron chi connectivity index (χ2n) is 7.81. The number of rotatable bonds is 8. The summed E-state index contributed by atoms with van der Waals surface area (Å²) < 4.78 is 16.0. The van der Waals surface area contributed by atoms with Crippen molar-refractivity contribution in [2.24, 2.45) is 7.05 Å². The van der Waals surface area contributed by atoms with Gasteiger partial charge in [-0.15, -0.1) is 0 Å². The van der Waals surface area contributed by atoms with Crippen molar-refractivity contribution < 1.29 is 9.47 Å². The molecular weight excluding hydrogens is 378 g/mol. The van der Waals surface area contributed by atoms with Gasteiger partial charge in [-0.25, -0.2) is 9.36 Å². The maximum atomic E-state index is 6.22. The van der Waals surface area contributed by atoms with Gasteiger partial charge in [0.1, 0.15) is 6.10 Å². The van der Waals surface area contributed by atoms with Crippen LogP contribution in [0.1, 0.15) is 45.0 Å². The van der Waals surface area contributed by atoms with Crippen molar-refractivity contribution in [3.63, 3.8) is 0 Å². The van der Waals surface area contributed by atoms with Crippen LogP contribution < -0.4 is 10.1 Å². The molecule has 1 fully saturated rings. The van der Waals surface area contributed by atoms with Crippen LogP contribution in [-0.4, -0.2) is 45.4 Å². The van der Waals surface area contributed by atoms with Crippen molar-refractivity contribution in [3.05, 3.63) is 36.7 Å². The maximum absolute atomic E-state index is 6.22. The molecule has 1 aliphatic rings. The van der Waals surface area contributed by atoms with E-state index in [1.165, 1.54) is 0 Å². The van der Waals surface area contributed by atoms with Gasteiger partial charge in [-0.3, -0.25) is 0 Å². The van der Waals surface area contributed by atoms with Gasteiger partial charge in [0.2, 0.25) is 5.88 Å². The third-order valence-corrected chi connectivity index (χ3v) is 5.55. The highest BCUT2D eigenvalue weighted by atomic mass is 16.5. The third kappa shape index (κ3) is 4.00. The summed E-state index contributed by atoms with van der Waals surface area (Å²) >= 11 is 0. The van der Waals surface area contributed by atoms with Crippen LogP contribution in [0.2, 0.25) is 0 Å². The molecule has 0 amide bonds. The Morgan fingerprint density at radius 1 is 1.40 bits per heavy atom. The Hall–Kier alpha value is -2.64. The topological polar surface area (TPSA) is 66.1 Å². The van der Waals surface area contributed by atoms with Crippen molar-refractivity contribution in [1.82, 2.24) is 24.9 Å². The number of nitrogens with zero attached hydrogens (tertiary/aromatic N) is 4. The molecule has 3 aromatic rings. The quantitative estimate of drug-likeness (QED) is 0.605. The Morgan fingerprint density at radius 3 is 3.00 bits per heavy atom. The first-order chi connectivity index (χ1) is 14.6. The molecule has 0 bridgehead atoms. The van der Waals surface area contributed by atoms with Crippen molar-refractivity contribution in [3.8, 4) is 17.0 Å². The van der Waals surface area contributed by atoms with E-state index in [-0.39, 0.29) is 12.3 Å². The summed E-state index contributed by atoms with van der Waals surface area (Å²) in [6, 6.07) is 6.37. The number of aryl methyl sites for hydroxylation is 1. The Kier molecular flexibility index (Phi) is 6.20. The van der Waals surface area contributed by atoms with Gasteiger partial charge in [0.25, 0.3) is 0 Å². The van der Waals surface area contributed by atoms with Gasteiger partial charge in [0.05, 0.1) is 23.0 Å². The Bertz CT molecular complexity index is 1020. The number of nitrogens with one attached hydrogen (secondary N) is 1. The Labute approximate surface area is 177 Å². The lowest BCUT2D eigenvalue weighted by molar-refractivity contribution is -0.0367. The normalized spacial score (nSPS) is 17.9. The summed E-state index contributed by atoms with van der Waals surface area (Å²) in [4.78, 5) is 0. The second kappa shape index (κ2) is 9.02. The van der Waals surface area contributed by atoms with Crippen LogP contribution in [0.15, 0.2) is 31.0 Å². The van der Waals surface area contributed by atoms with Crippen molar-refractivity contribution in [2.45, 2.75) is 45.4 Å². The minimum atomic E-state index is -0.00926. The van der Waals surface area contributed by atoms with Crippen LogP contribution in [0, 0.1) is 0 Å². The molecule has 0 spiro atoms. The molecule has 1 aliphatic heterocycles. The standard InChI is InChI=1S/C23H31N5O2/c1-5-20-18-13-17(10-11-21(18)28(26-20)22-9-7-8-12-29-22)19-15-25-27(4)23(19)30-16(3)14-24-6-2/h5,10-11,13,15-16,22,24H,1,6-9,12,14H2,2-4H3. The molecule has 4 rings (SSSR count). The lowest BCUT2D eigenvalue weighted by Gasteiger charge is -2.23.